The Morgan fingerprint density at radius 3 is 2.71 bits per heavy atom. The average molecular weight is 322 g/mol. The van der Waals surface area contributed by atoms with Gasteiger partial charge in [0, 0.05) is 23.1 Å². The van der Waals surface area contributed by atoms with E-state index in [0.29, 0.717) is 12.1 Å². The fourth-order valence-electron chi connectivity index (χ4n) is 1.30. The summed E-state index contributed by atoms with van der Waals surface area (Å²) < 4.78 is 0.921. The molecular weight excluding hydrogens is 304 g/mol. The van der Waals surface area contributed by atoms with E-state index in [1.54, 1.807) is 6.07 Å². The van der Waals surface area contributed by atoms with Gasteiger partial charge < -0.3 is 10.6 Å². The first kappa shape index (κ1) is 16.4. The van der Waals surface area contributed by atoms with Gasteiger partial charge in [-0.05, 0) is 31.2 Å². The number of nitrogens with one attached hydrogen (secondary N) is 2. The van der Waals surface area contributed by atoms with Crippen LogP contribution in [-0.2, 0) is 0 Å². The fraction of sp³-hybridized carbons (Fsp3) is 0.417. The van der Waals surface area contributed by atoms with E-state index in [1.165, 1.54) is 0 Å². The molecule has 0 spiro atoms. The Morgan fingerprint density at radius 2 is 2.06 bits per heavy atom. The third kappa shape index (κ3) is 6.66. The van der Waals surface area contributed by atoms with E-state index in [-0.39, 0.29) is 18.3 Å². The van der Waals surface area contributed by atoms with E-state index in [9.17, 15) is 4.79 Å². The van der Waals surface area contributed by atoms with E-state index >= 15 is 0 Å². The highest BCUT2D eigenvalue weighted by Crippen LogP contribution is 2.11. The molecule has 0 aliphatic heterocycles. The van der Waals surface area contributed by atoms with Gasteiger partial charge in [-0.2, -0.15) is 0 Å². The van der Waals surface area contributed by atoms with Crippen molar-refractivity contribution in [2.24, 2.45) is 0 Å². The third-order valence-electron chi connectivity index (χ3n) is 2.10. The van der Waals surface area contributed by atoms with Crippen LogP contribution >= 0.6 is 28.3 Å². The van der Waals surface area contributed by atoms with Crippen LogP contribution in [0.25, 0.3) is 0 Å². The molecule has 1 amide bonds. The summed E-state index contributed by atoms with van der Waals surface area (Å²) >= 11 is 3.34. The van der Waals surface area contributed by atoms with Gasteiger partial charge in [0.2, 0.25) is 0 Å². The lowest BCUT2D eigenvalue weighted by Crippen LogP contribution is -2.32. The summed E-state index contributed by atoms with van der Waals surface area (Å²) in [4.78, 5) is 11.7. The smallest absolute Gasteiger partial charge is 0.251 e. The minimum absolute atomic E-state index is 0. The van der Waals surface area contributed by atoms with Crippen LogP contribution in [0.4, 0.5) is 0 Å². The van der Waals surface area contributed by atoms with Gasteiger partial charge in [0.05, 0.1) is 0 Å². The Balaban J connectivity index is 0.00000256. The van der Waals surface area contributed by atoms with E-state index in [1.807, 2.05) is 18.2 Å². The number of rotatable bonds is 6. The Labute approximate surface area is 117 Å². The normalized spacial score (nSPS) is 9.53. The molecule has 0 saturated carbocycles. The molecule has 0 aliphatic carbocycles. The molecule has 5 heteroatoms. The molecule has 1 aromatic rings. The molecule has 96 valence electrons. The van der Waals surface area contributed by atoms with Gasteiger partial charge in [-0.1, -0.05) is 28.9 Å². The second kappa shape index (κ2) is 9.45. The van der Waals surface area contributed by atoms with Gasteiger partial charge in [-0.3, -0.25) is 4.79 Å². The predicted octanol–water partition coefficient (Wildman–Crippen LogP) is 2.60. The van der Waals surface area contributed by atoms with Crippen LogP contribution in [0.15, 0.2) is 28.7 Å². The molecule has 0 fully saturated rings. The first-order valence-electron chi connectivity index (χ1n) is 5.48. The van der Waals surface area contributed by atoms with Crippen molar-refractivity contribution in [3.63, 3.8) is 0 Å². The highest BCUT2D eigenvalue weighted by molar-refractivity contribution is 9.10. The van der Waals surface area contributed by atoms with Gasteiger partial charge in [0.15, 0.2) is 0 Å². The van der Waals surface area contributed by atoms with Crippen molar-refractivity contribution in [1.29, 1.82) is 0 Å². The summed E-state index contributed by atoms with van der Waals surface area (Å²) in [7, 11) is 0. The molecule has 0 bridgehead atoms. The molecule has 17 heavy (non-hydrogen) atoms. The average Bonchev–Trinajstić information content (AvgIpc) is 2.28. The lowest BCUT2D eigenvalue weighted by atomic mass is 10.2. The maximum Gasteiger partial charge on any atom is 0.251 e. The first-order chi connectivity index (χ1) is 7.74. The van der Waals surface area contributed by atoms with Crippen LogP contribution in [0.5, 0.6) is 0 Å². The van der Waals surface area contributed by atoms with E-state index in [0.717, 1.165) is 24.0 Å². The SMILES string of the molecule is CCCNCCNC(=O)c1cccc(Br)c1.Cl. The predicted molar refractivity (Wildman–Crippen MR) is 76.9 cm³/mol. The molecule has 0 radical (unpaired) electrons. The Bertz CT molecular complexity index is 347. The van der Waals surface area contributed by atoms with Crippen molar-refractivity contribution in [1.82, 2.24) is 10.6 Å². The van der Waals surface area contributed by atoms with Gasteiger partial charge >= 0.3 is 0 Å². The molecule has 0 atom stereocenters. The highest BCUT2D eigenvalue weighted by Gasteiger charge is 2.03. The summed E-state index contributed by atoms with van der Waals surface area (Å²) in [6.07, 6.45) is 1.11. The van der Waals surface area contributed by atoms with Crippen molar-refractivity contribution in [2.45, 2.75) is 13.3 Å². The zero-order valence-corrected chi connectivity index (χ0v) is 12.2. The quantitative estimate of drug-likeness (QED) is 0.791. The number of amides is 1. The Morgan fingerprint density at radius 1 is 1.29 bits per heavy atom. The molecule has 1 rings (SSSR count). The van der Waals surface area contributed by atoms with Crippen molar-refractivity contribution in [3.8, 4) is 0 Å². The van der Waals surface area contributed by atoms with Crippen LogP contribution in [0.2, 0.25) is 0 Å². The van der Waals surface area contributed by atoms with Crippen molar-refractivity contribution in [3.05, 3.63) is 34.3 Å². The Kier molecular flexibility index (Phi) is 9.13. The summed E-state index contributed by atoms with van der Waals surface area (Å²) in [5.74, 6) is -0.0281. The molecule has 0 unspecified atom stereocenters. The van der Waals surface area contributed by atoms with Gasteiger partial charge in [0.25, 0.3) is 5.91 Å². The summed E-state index contributed by atoms with van der Waals surface area (Å²) in [6.45, 7) is 4.58. The van der Waals surface area contributed by atoms with Crippen molar-refractivity contribution >= 4 is 34.2 Å². The number of halogens is 2. The number of carbonyl (C=O) groups excluding carboxylic acids is 1. The molecule has 0 saturated heterocycles. The third-order valence-corrected chi connectivity index (χ3v) is 2.59. The van der Waals surface area contributed by atoms with Crippen LogP contribution in [0, 0.1) is 0 Å². The zero-order chi connectivity index (χ0) is 11.8. The molecule has 1 aromatic carbocycles. The van der Waals surface area contributed by atoms with Crippen LogP contribution in [-0.4, -0.2) is 25.5 Å². The van der Waals surface area contributed by atoms with Crippen molar-refractivity contribution in [2.75, 3.05) is 19.6 Å². The topological polar surface area (TPSA) is 41.1 Å². The lowest BCUT2D eigenvalue weighted by molar-refractivity contribution is 0.0954. The Hall–Kier alpha value is -0.580. The molecule has 0 heterocycles. The number of benzene rings is 1. The van der Waals surface area contributed by atoms with Crippen molar-refractivity contribution < 1.29 is 4.79 Å². The second-order valence-corrected chi connectivity index (χ2v) is 4.43. The number of carbonyl (C=O) groups is 1. The fourth-order valence-corrected chi connectivity index (χ4v) is 1.70. The van der Waals surface area contributed by atoms with Crippen LogP contribution in [0.1, 0.15) is 23.7 Å². The second-order valence-electron chi connectivity index (χ2n) is 3.52. The van der Waals surface area contributed by atoms with Gasteiger partial charge in [-0.15, -0.1) is 12.4 Å². The lowest BCUT2D eigenvalue weighted by Gasteiger charge is -2.06. The summed E-state index contributed by atoms with van der Waals surface area (Å²) in [5, 5.41) is 6.09. The standard InChI is InChI=1S/C12H17BrN2O.ClH/c1-2-6-14-7-8-15-12(16)10-4-3-5-11(13)9-10;/h3-5,9,14H,2,6-8H2,1H3,(H,15,16);1H. The summed E-state index contributed by atoms with van der Waals surface area (Å²) in [6, 6.07) is 7.38. The zero-order valence-electron chi connectivity index (χ0n) is 9.83. The number of hydrogen-bond acceptors (Lipinski definition) is 2. The van der Waals surface area contributed by atoms with Crippen LogP contribution in [0.3, 0.4) is 0 Å². The maximum absolute atomic E-state index is 11.7. The minimum atomic E-state index is -0.0281. The minimum Gasteiger partial charge on any atom is -0.351 e. The van der Waals surface area contributed by atoms with E-state index < -0.39 is 0 Å². The van der Waals surface area contributed by atoms with Crippen LogP contribution < -0.4 is 10.6 Å². The molecule has 2 N–H and O–H groups in total. The monoisotopic (exact) mass is 320 g/mol. The molecule has 0 aromatic heterocycles. The summed E-state index contributed by atoms with van der Waals surface area (Å²) in [5.41, 5.74) is 0.685. The van der Waals surface area contributed by atoms with E-state index in [4.69, 9.17) is 0 Å². The highest BCUT2D eigenvalue weighted by atomic mass is 79.9. The molecule has 3 nitrogen and oxygen atoms in total. The maximum atomic E-state index is 11.7. The van der Waals surface area contributed by atoms with Gasteiger partial charge in [-0.25, -0.2) is 0 Å². The van der Waals surface area contributed by atoms with Gasteiger partial charge in [0.1, 0.15) is 0 Å². The number of hydrogen-bond donors (Lipinski definition) is 2. The first-order valence-corrected chi connectivity index (χ1v) is 6.28. The largest absolute Gasteiger partial charge is 0.351 e. The molecular formula is C12H18BrClN2O. The molecule has 0 aliphatic rings. The van der Waals surface area contributed by atoms with E-state index in [2.05, 4.69) is 33.5 Å².